The number of carboxylic acids is 1. The Balaban J connectivity index is 2.19. The number of amides is 2. The van der Waals surface area contributed by atoms with Crippen LogP contribution in [0.4, 0.5) is 4.79 Å². The average Bonchev–Trinajstić information content (AvgIpc) is 2.92. The van der Waals surface area contributed by atoms with E-state index in [9.17, 15) is 19.5 Å². The van der Waals surface area contributed by atoms with Crippen molar-refractivity contribution in [2.75, 3.05) is 19.7 Å². The van der Waals surface area contributed by atoms with Crippen LogP contribution in [-0.2, 0) is 14.3 Å². The molecule has 1 rings (SSSR count). The first-order chi connectivity index (χ1) is 10.00. The Bertz CT molecular complexity index is 378. The molecule has 21 heavy (non-hydrogen) atoms. The van der Waals surface area contributed by atoms with Crippen LogP contribution in [0.2, 0.25) is 0 Å². The van der Waals surface area contributed by atoms with E-state index in [0.717, 1.165) is 12.8 Å². The fraction of sp³-hybridized carbons (Fsp3) is 0.786. The zero-order chi connectivity index (χ0) is 15.7. The lowest BCUT2D eigenvalue weighted by Gasteiger charge is -2.24. The Morgan fingerprint density at radius 1 is 1.19 bits per heavy atom. The molecule has 7 heteroatoms. The summed E-state index contributed by atoms with van der Waals surface area (Å²) < 4.78 is 4.77. The van der Waals surface area contributed by atoms with Gasteiger partial charge in [-0.05, 0) is 26.2 Å². The van der Waals surface area contributed by atoms with Crippen molar-refractivity contribution in [1.29, 1.82) is 0 Å². The first kappa shape index (κ1) is 17.3. The van der Waals surface area contributed by atoms with E-state index < -0.39 is 17.4 Å². The van der Waals surface area contributed by atoms with Crippen LogP contribution < -0.4 is 10.6 Å². The summed E-state index contributed by atoms with van der Waals surface area (Å²) in [4.78, 5) is 34.0. The first-order valence-electron chi connectivity index (χ1n) is 7.41. The van der Waals surface area contributed by atoms with Crippen molar-refractivity contribution in [3.8, 4) is 0 Å². The molecule has 0 aromatic heterocycles. The van der Waals surface area contributed by atoms with Gasteiger partial charge in [0.2, 0.25) is 0 Å². The fourth-order valence-electron chi connectivity index (χ4n) is 2.50. The van der Waals surface area contributed by atoms with Gasteiger partial charge >= 0.3 is 18.0 Å². The minimum Gasteiger partial charge on any atom is -0.481 e. The van der Waals surface area contributed by atoms with Crippen LogP contribution in [0.5, 0.6) is 0 Å². The van der Waals surface area contributed by atoms with Gasteiger partial charge in [0.25, 0.3) is 0 Å². The van der Waals surface area contributed by atoms with E-state index in [4.69, 9.17) is 4.74 Å². The molecule has 1 saturated carbocycles. The highest BCUT2D eigenvalue weighted by Gasteiger charge is 2.41. The largest absolute Gasteiger partial charge is 0.481 e. The highest BCUT2D eigenvalue weighted by atomic mass is 16.5. The molecule has 0 heterocycles. The summed E-state index contributed by atoms with van der Waals surface area (Å²) in [6.45, 7) is 2.59. The van der Waals surface area contributed by atoms with Crippen LogP contribution in [-0.4, -0.2) is 42.8 Å². The molecule has 120 valence electrons. The van der Waals surface area contributed by atoms with Crippen molar-refractivity contribution in [2.45, 2.75) is 45.4 Å². The highest BCUT2D eigenvalue weighted by molar-refractivity contribution is 5.78. The topological polar surface area (TPSA) is 105 Å². The molecule has 7 nitrogen and oxygen atoms in total. The highest BCUT2D eigenvalue weighted by Crippen LogP contribution is 2.37. The van der Waals surface area contributed by atoms with Gasteiger partial charge in [-0.3, -0.25) is 9.59 Å². The molecule has 1 aliphatic rings. The van der Waals surface area contributed by atoms with Crippen LogP contribution in [0.15, 0.2) is 0 Å². The lowest BCUT2D eigenvalue weighted by molar-refractivity contribution is -0.148. The number of carbonyl (C=O) groups is 3. The molecule has 1 aliphatic carbocycles. The number of nitrogens with one attached hydrogen (secondary N) is 2. The molecular weight excluding hydrogens is 276 g/mol. The van der Waals surface area contributed by atoms with Gasteiger partial charge < -0.3 is 20.5 Å². The SMILES string of the molecule is CCOC(=O)CCCNC(=O)NCC1(C(=O)O)CCCC1. The Hall–Kier alpha value is -1.79. The molecule has 0 bridgehead atoms. The maximum Gasteiger partial charge on any atom is 0.314 e. The predicted octanol–water partition coefficient (Wildman–Crippen LogP) is 1.27. The molecule has 0 atom stereocenters. The van der Waals surface area contributed by atoms with E-state index >= 15 is 0 Å². The van der Waals surface area contributed by atoms with Crippen molar-refractivity contribution >= 4 is 18.0 Å². The molecule has 3 N–H and O–H groups in total. The standard InChI is InChI=1S/C14H24N2O5/c1-2-21-11(17)6-5-9-15-13(20)16-10-14(12(18)19)7-3-4-8-14/h2-10H2,1H3,(H,18,19)(H2,15,16,20). The molecule has 0 aromatic rings. The predicted molar refractivity (Wildman–Crippen MR) is 75.8 cm³/mol. The monoisotopic (exact) mass is 300 g/mol. The van der Waals surface area contributed by atoms with Crippen molar-refractivity contribution in [1.82, 2.24) is 10.6 Å². The quantitative estimate of drug-likeness (QED) is 0.462. The van der Waals surface area contributed by atoms with Gasteiger partial charge in [0, 0.05) is 19.5 Å². The summed E-state index contributed by atoms with van der Waals surface area (Å²) >= 11 is 0. The fourth-order valence-corrected chi connectivity index (χ4v) is 2.50. The van der Waals surface area contributed by atoms with E-state index in [1.54, 1.807) is 6.92 Å². The van der Waals surface area contributed by atoms with E-state index in [0.29, 0.717) is 32.4 Å². The average molecular weight is 300 g/mol. The molecule has 0 aliphatic heterocycles. The Morgan fingerprint density at radius 2 is 1.86 bits per heavy atom. The van der Waals surface area contributed by atoms with Crippen molar-refractivity contribution in [3.63, 3.8) is 0 Å². The summed E-state index contributed by atoms with van der Waals surface area (Å²) in [6.07, 6.45) is 3.73. The molecule has 2 amide bonds. The second-order valence-corrected chi connectivity index (χ2v) is 5.31. The smallest absolute Gasteiger partial charge is 0.314 e. The minimum absolute atomic E-state index is 0.145. The van der Waals surface area contributed by atoms with E-state index in [1.807, 2.05) is 0 Å². The number of carbonyl (C=O) groups excluding carboxylic acids is 2. The third-order valence-corrected chi connectivity index (χ3v) is 3.75. The Labute approximate surface area is 124 Å². The van der Waals surface area contributed by atoms with E-state index in [1.165, 1.54) is 0 Å². The van der Waals surface area contributed by atoms with Gasteiger partial charge in [-0.25, -0.2) is 4.79 Å². The lowest BCUT2D eigenvalue weighted by Crippen LogP contribution is -2.45. The first-order valence-corrected chi connectivity index (χ1v) is 7.41. The minimum atomic E-state index is -0.845. The summed E-state index contributed by atoms with van der Waals surface area (Å²) in [6, 6.07) is -0.397. The number of urea groups is 1. The Morgan fingerprint density at radius 3 is 2.43 bits per heavy atom. The number of hydrogen-bond acceptors (Lipinski definition) is 4. The molecule has 0 aromatic carbocycles. The van der Waals surface area contributed by atoms with Gasteiger partial charge in [-0.1, -0.05) is 12.8 Å². The second-order valence-electron chi connectivity index (χ2n) is 5.31. The Kier molecular flexibility index (Phi) is 6.98. The maximum absolute atomic E-state index is 11.6. The van der Waals surface area contributed by atoms with Gasteiger partial charge in [0.15, 0.2) is 0 Å². The third kappa shape index (κ3) is 5.61. The van der Waals surface area contributed by atoms with Crippen LogP contribution in [0.25, 0.3) is 0 Å². The lowest BCUT2D eigenvalue weighted by atomic mass is 9.86. The summed E-state index contributed by atoms with van der Waals surface area (Å²) in [5.41, 5.74) is -0.817. The van der Waals surface area contributed by atoms with E-state index in [-0.39, 0.29) is 18.9 Å². The molecule has 0 unspecified atom stereocenters. The van der Waals surface area contributed by atoms with Crippen molar-refractivity contribution in [2.24, 2.45) is 5.41 Å². The van der Waals surface area contributed by atoms with Gasteiger partial charge in [0.1, 0.15) is 0 Å². The van der Waals surface area contributed by atoms with Crippen LogP contribution in [0, 0.1) is 5.41 Å². The summed E-state index contributed by atoms with van der Waals surface area (Å²) in [5, 5.41) is 14.5. The van der Waals surface area contributed by atoms with Crippen molar-refractivity contribution < 1.29 is 24.2 Å². The zero-order valence-electron chi connectivity index (χ0n) is 12.4. The molecule has 0 spiro atoms. The van der Waals surface area contributed by atoms with Gasteiger partial charge in [-0.15, -0.1) is 0 Å². The van der Waals surface area contributed by atoms with Crippen LogP contribution in [0.3, 0.4) is 0 Å². The van der Waals surface area contributed by atoms with Crippen molar-refractivity contribution in [3.05, 3.63) is 0 Å². The zero-order valence-corrected chi connectivity index (χ0v) is 12.4. The molecule has 1 fully saturated rings. The molecule has 0 radical (unpaired) electrons. The summed E-state index contributed by atoms with van der Waals surface area (Å²) in [5.74, 6) is -1.13. The number of carboxylic acid groups (broad SMARTS) is 1. The number of esters is 1. The summed E-state index contributed by atoms with van der Waals surface area (Å²) in [7, 11) is 0. The third-order valence-electron chi connectivity index (χ3n) is 3.75. The van der Waals surface area contributed by atoms with Gasteiger partial charge in [0.05, 0.1) is 12.0 Å². The number of hydrogen-bond donors (Lipinski definition) is 3. The van der Waals surface area contributed by atoms with Crippen LogP contribution in [0.1, 0.15) is 45.4 Å². The second kappa shape index (κ2) is 8.49. The molecular formula is C14H24N2O5. The maximum atomic E-state index is 11.6. The van der Waals surface area contributed by atoms with Crippen LogP contribution >= 0.6 is 0 Å². The molecule has 0 saturated heterocycles. The van der Waals surface area contributed by atoms with Gasteiger partial charge in [-0.2, -0.15) is 0 Å². The van der Waals surface area contributed by atoms with E-state index in [2.05, 4.69) is 10.6 Å². The number of rotatable bonds is 8. The number of ether oxygens (including phenoxy) is 1. The normalized spacial score (nSPS) is 16.2. The number of aliphatic carboxylic acids is 1.